The van der Waals surface area contributed by atoms with Gasteiger partial charge in [0.1, 0.15) is 8.07 Å². The Hall–Kier alpha value is -1.35. The molecule has 0 bridgehead atoms. The Balaban J connectivity index is 2.84. The maximum atomic E-state index is 11.0. The molecule has 1 rings (SSSR count). The fourth-order valence-electron chi connectivity index (χ4n) is 1.31. The Kier molecular flexibility index (Phi) is 3.86. The third kappa shape index (κ3) is 3.36. The molecule has 0 amide bonds. The van der Waals surface area contributed by atoms with Gasteiger partial charge >= 0.3 is 5.97 Å². The highest BCUT2D eigenvalue weighted by Gasteiger charge is 2.19. The average molecular weight is 220 g/mol. The molecule has 2 nitrogen and oxygen atoms in total. The van der Waals surface area contributed by atoms with E-state index in [1.807, 2.05) is 23.9 Å². The van der Waals surface area contributed by atoms with Crippen molar-refractivity contribution in [1.29, 1.82) is 0 Å². The van der Waals surface area contributed by atoms with Gasteiger partial charge in [-0.3, -0.25) is 0 Å². The van der Waals surface area contributed by atoms with Crippen molar-refractivity contribution < 1.29 is 9.53 Å². The Morgan fingerprint density at radius 1 is 1.27 bits per heavy atom. The van der Waals surface area contributed by atoms with Crippen molar-refractivity contribution in [3.05, 3.63) is 42.1 Å². The van der Waals surface area contributed by atoms with Crippen LogP contribution in [0.15, 0.2) is 42.1 Å². The van der Waals surface area contributed by atoms with Gasteiger partial charge in [0.05, 0.1) is 7.11 Å². The van der Waals surface area contributed by atoms with E-state index < -0.39 is 8.07 Å². The molecule has 0 saturated carbocycles. The number of ether oxygens (including phenoxy) is 1. The number of rotatable bonds is 3. The van der Waals surface area contributed by atoms with Crippen molar-refractivity contribution in [2.75, 3.05) is 7.11 Å². The van der Waals surface area contributed by atoms with Crippen molar-refractivity contribution in [2.45, 2.75) is 13.1 Å². The lowest BCUT2D eigenvalue weighted by atomic mass is 10.4. The third-order valence-electron chi connectivity index (χ3n) is 2.36. The largest absolute Gasteiger partial charge is 0.466 e. The predicted molar refractivity (Wildman–Crippen MR) is 64.7 cm³/mol. The SMILES string of the molecule is COC(=O)/C=C\[Si](C)(C)c1ccccc1. The maximum Gasteiger partial charge on any atom is 0.329 e. The summed E-state index contributed by atoms with van der Waals surface area (Å²) < 4.78 is 4.58. The molecule has 15 heavy (non-hydrogen) atoms. The summed E-state index contributed by atoms with van der Waals surface area (Å²) in [5.74, 6) is -0.286. The molecule has 1 aromatic rings. The lowest BCUT2D eigenvalue weighted by molar-refractivity contribution is -0.134. The summed E-state index contributed by atoms with van der Waals surface area (Å²) >= 11 is 0. The molecule has 80 valence electrons. The lowest BCUT2D eigenvalue weighted by Gasteiger charge is -2.17. The molecule has 0 aliphatic heterocycles. The highest BCUT2D eigenvalue weighted by Crippen LogP contribution is 2.05. The summed E-state index contributed by atoms with van der Waals surface area (Å²) in [6.45, 7) is 4.39. The van der Waals surface area contributed by atoms with Crippen molar-refractivity contribution in [3.8, 4) is 0 Å². The molecule has 0 atom stereocenters. The van der Waals surface area contributed by atoms with Crippen molar-refractivity contribution >= 4 is 19.2 Å². The summed E-state index contributed by atoms with van der Waals surface area (Å²) in [7, 11) is -0.247. The van der Waals surface area contributed by atoms with E-state index in [1.165, 1.54) is 18.4 Å². The van der Waals surface area contributed by atoms with Gasteiger partial charge in [0.15, 0.2) is 0 Å². The maximum absolute atomic E-state index is 11.0. The zero-order chi connectivity index (χ0) is 11.3. The van der Waals surface area contributed by atoms with E-state index in [0.29, 0.717) is 0 Å². The fourth-order valence-corrected chi connectivity index (χ4v) is 3.11. The third-order valence-corrected chi connectivity index (χ3v) is 5.18. The molecule has 0 unspecified atom stereocenters. The van der Waals surface area contributed by atoms with E-state index in [0.717, 1.165) is 0 Å². The van der Waals surface area contributed by atoms with Crippen LogP contribution in [-0.4, -0.2) is 21.2 Å². The Labute approximate surface area is 91.6 Å². The monoisotopic (exact) mass is 220 g/mol. The highest BCUT2D eigenvalue weighted by molar-refractivity contribution is 6.94. The van der Waals surface area contributed by atoms with Crippen LogP contribution in [0.3, 0.4) is 0 Å². The topological polar surface area (TPSA) is 26.3 Å². The summed E-state index contributed by atoms with van der Waals surface area (Å²) in [4.78, 5) is 11.0. The lowest BCUT2D eigenvalue weighted by Crippen LogP contribution is -2.39. The van der Waals surface area contributed by atoms with Crippen LogP contribution >= 0.6 is 0 Å². The van der Waals surface area contributed by atoms with Crippen molar-refractivity contribution in [2.24, 2.45) is 0 Å². The molecule has 0 heterocycles. The molecule has 1 aromatic carbocycles. The number of esters is 1. The number of carbonyl (C=O) groups excluding carboxylic acids is 1. The summed E-state index contributed by atoms with van der Waals surface area (Å²) in [6, 6.07) is 10.3. The molecular weight excluding hydrogens is 204 g/mol. The molecule has 0 aromatic heterocycles. The summed E-state index contributed by atoms with van der Waals surface area (Å²) in [5.41, 5.74) is 1.99. The molecule has 0 N–H and O–H groups in total. The van der Waals surface area contributed by atoms with Gasteiger partial charge in [-0.1, -0.05) is 54.3 Å². The van der Waals surface area contributed by atoms with Gasteiger partial charge in [-0.25, -0.2) is 4.79 Å². The second kappa shape index (κ2) is 4.93. The molecule has 0 saturated heterocycles. The quantitative estimate of drug-likeness (QED) is 0.441. The smallest absolute Gasteiger partial charge is 0.329 e. The second-order valence-electron chi connectivity index (χ2n) is 3.94. The Morgan fingerprint density at radius 2 is 1.87 bits per heavy atom. The van der Waals surface area contributed by atoms with E-state index >= 15 is 0 Å². The van der Waals surface area contributed by atoms with Crippen LogP contribution < -0.4 is 5.19 Å². The van der Waals surface area contributed by atoms with Crippen LogP contribution in [0, 0.1) is 0 Å². The van der Waals surface area contributed by atoms with Gasteiger partial charge in [0.2, 0.25) is 0 Å². The van der Waals surface area contributed by atoms with Crippen LogP contribution in [0.1, 0.15) is 0 Å². The minimum atomic E-state index is -1.64. The number of methoxy groups -OCH3 is 1. The number of hydrogen-bond donors (Lipinski definition) is 0. The molecule has 0 aliphatic carbocycles. The zero-order valence-electron chi connectivity index (χ0n) is 9.36. The van der Waals surface area contributed by atoms with Crippen LogP contribution in [0.4, 0.5) is 0 Å². The summed E-state index contributed by atoms with van der Waals surface area (Å²) in [6.07, 6.45) is 1.53. The normalized spacial score (nSPS) is 11.7. The number of carbonyl (C=O) groups is 1. The second-order valence-corrected chi connectivity index (χ2v) is 8.30. The van der Waals surface area contributed by atoms with Crippen LogP contribution in [0.25, 0.3) is 0 Å². The van der Waals surface area contributed by atoms with Gasteiger partial charge in [-0.15, -0.1) is 0 Å². The van der Waals surface area contributed by atoms with Crippen molar-refractivity contribution in [3.63, 3.8) is 0 Å². The number of hydrogen-bond acceptors (Lipinski definition) is 2. The standard InChI is InChI=1S/C12H16O2Si/c1-14-12(13)9-10-15(2,3)11-7-5-4-6-8-11/h4-10H,1-3H3/b10-9-. The van der Waals surface area contributed by atoms with Crippen LogP contribution in [0.2, 0.25) is 13.1 Å². The minimum Gasteiger partial charge on any atom is -0.466 e. The Morgan fingerprint density at radius 3 is 2.40 bits per heavy atom. The van der Waals surface area contributed by atoms with Gasteiger partial charge in [-0.2, -0.15) is 0 Å². The van der Waals surface area contributed by atoms with Crippen LogP contribution in [-0.2, 0) is 9.53 Å². The van der Waals surface area contributed by atoms with E-state index in [9.17, 15) is 4.79 Å². The molecule has 3 heteroatoms. The van der Waals surface area contributed by atoms with Crippen molar-refractivity contribution in [1.82, 2.24) is 0 Å². The molecule has 0 aliphatic rings. The first-order valence-corrected chi connectivity index (χ1v) is 7.97. The van der Waals surface area contributed by atoms with Gasteiger partial charge < -0.3 is 4.74 Å². The van der Waals surface area contributed by atoms with E-state index in [4.69, 9.17) is 0 Å². The van der Waals surface area contributed by atoms with Gasteiger partial charge in [0.25, 0.3) is 0 Å². The molecule has 0 radical (unpaired) electrons. The molecule has 0 fully saturated rings. The first kappa shape index (κ1) is 11.7. The molecular formula is C12H16O2Si. The molecule has 0 spiro atoms. The first-order valence-electron chi connectivity index (χ1n) is 4.89. The fraction of sp³-hybridized carbons (Fsp3) is 0.250. The predicted octanol–water partition coefficient (Wildman–Crippen LogP) is 1.87. The van der Waals surface area contributed by atoms with Gasteiger partial charge in [-0.05, 0) is 0 Å². The van der Waals surface area contributed by atoms with E-state index in [2.05, 4.69) is 30.0 Å². The van der Waals surface area contributed by atoms with E-state index in [1.54, 1.807) is 0 Å². The Bertz CT molecular complexity index is 355. The van der Waals surface area contributed by atoms with E-state index in [-0.39, 0.29) is 5.97 Å². The summed E-state index contributed by atoms with van der Waals surface area (Å²) in [5, 5.41) is 1.31. The van der Waals surface area contributed by atoms with Gasteiger partial charge in [0, 0.05) is 6.08 Å². The minimum absolute atomic E-state index is 0.286. The van der Waals surface area contributed by atoms with Crippen LogP contribution in [0.5, 0.6) is 0 Å². The highest BCUT2D eigenvalue weighted by atomic mass is 28.3. The number of benzene rings is 1. The zero-order valence-corrected chi connectivity index (χ0v) is 10.4. The first-order chi connectivity index (χ1) is 7.06. The average Bonchev–Trinajstić information content (AvgIpc) is 2.27.